The van der Waals surface area contributed by atoms with E-state index in [0.717, 1.165) is 0 Å². The molecule has 6 nitrogen and oxygen atoms in total. The third-order valence-electron chi connectivity index (χ3n) is 3.05. The molecule has 9 heteroatoms. The van der Waals surface area contributed by atoms with Gasteiger partial charge < -0.3 is 14.0 Å². The van der Waals surface area contributed by atoms with Crippen molar-refractivity contribution in [2.45, 2.75) is 25.1 Å². The third kappa shape index (κ3) is 4.78. The van der Waals surface area contributed by atoms with Crippen LogP contribution in [0.25, 0.3) is 0 Å². The van der Waals surface area contributed by atoms with Gasteiger partial charge >= 0.3 is 5.97 Å². The minimum atomic E-state index is -0.393. The molecule has 0 aliphatic rings. The molecule has 0 fully saturated rings. The molecule has 0 amide bonds. The van der Waals surface area contributed by atoms with Gasteiger partial charge in [0.1, 0.15) is 5.75 Å². The van der Waals surface area contributed by atoms with Crippen LogP contribution in [-0.2, 0) is 16.6 Å². The van der Waals surface area contributed by atoms with Gasteiger partial charge in [0.05, 0.1) is 17.4 Å². The Bertz CT molecular complexity index is 724. The first kappa shape index (κ1) is 18.9. The maximum Gasteiger partial charge on any atom is 0.316 e. The largest absolute Gasteiger partial charge is 0.481 e. The fourth-order valence-corrected chi connectivity index (χ4v) is 2.98. The molecule has 24 heavy (non-hydrogen) atoms. The summed E-state index contributed by atoms with van der Waals surface area (Å²) >= 11 is 13.3. The first-order valence-electron chi connectivity index (χ1n) is 7.21. The van der Waals surface area contributed by atoms with Crippen LogP contribution >= 0.6 is 35.0 Å². The Morgan fingerprint density at radius 2 is 2.12 bits per heavy atom. The van der Waals surface area contributed by atoms with Gasteiger partial charge in [-0.15, -0.1) is 10.2 Å². The van der Waals surface area contributed by atoms with E-state index in [1.54, 1.807) is 29.7 Å². The van der Waals surface area contributed by atoms with Gasteiger partial charge in [-0.05, 0) is 26.0 Å². The van der Waals surface area contributed by atoms with Gasteiger partial charge in [-0.3, -0.25) is 4.79 Å². The first-order chi connectivity index (χ1) is 11.4. The minimum Gasteiger partial charge on any atom is -0.481 e. The quantitative estimate of drug-likeness (QED) is 0.528. The van der Waals surface area contributed by atoms with Crippen LogP contribution in [-0.4, -0.2) is 33.1 Å². The van der Waals surface area contributed by atoms with E-state index in [4.69, 9.17) is 32.7 Å². The van der Waals surface area contributed by atoms with Crippen molar-refractivity contribution < 1.29 is 14.3 Å². The highest BCUT2D eigenvalue weighted by Gasteiger charge is 2.19. The van der Waals surface area contributed by atoms with Crippen LogP contribution in [0.15, 0.2) is 23.4 Å². The lowest BCUT2D eigenvalue weighted by Gasteiger charge is -2.15. The number of carbonyl (C=O) groups is 1. The van der Waals surface area contributed by atoms with E-state index < -0.39 is 6.10 Å². The average Bonchev–Trinajstić information content (AvgIpc) is 2.90. The number of benzene rings is 1. The molecule has 0 aliphatic heterocycles. The molecule has 0 radical (unpaired) electrons. The summed E-state index contributed by atoms with van der Waals surface area (Å²) < 4.78 is 12.5. The summed E-state index contributed by atoms with van der Waals surface area (Å²) in [7, 11) is 1.81. The zero-order chi connectivity index (χ0) is 17.7. The standard InChI is InChI=1S/C15H17Cl2N3O3S/c1-4-22-13(21)8-24-15-19-18-14(20(15)3)9(2)23-12-7-10(16)5-6-11(12)17/h5-7,9H,4,8H2,1-3H3. The molecule has 1 aromatic carbocycles. The van der Waals surface area contributed by atoms with Gasteiger partial charge in [-0.2, -0.15) is 0 Å². The number of rotatable bonds is 7. The Kier molecular flexibility index (Phi) is 6.77. The summed E-state index contributed by atoms with van der Waals surface area (Å²) in [4.78, 5) is 11.4. The molecule has 2 aromatic rings. The highest BCUT2D eigenvalue weighted by Crippen LogP contribution is 2.31. The Morgan fingerprint density at radius 1 is 1.38 bits per heavy atom. The summed E-state index contributed by atoms with van der Waals surface area (Å²) in [6, 6.07) is 5.00. The Hall–Kier alpha value is -1.44. The van der Waals surface area contributed by atoms with E-state index in [2.05, 4.69) is 10.2 Å². The molecule has 1 atom stereocenters. The van der Waals surface area contributed by atoms with Crippen molar-refractivity contribution in [1.29, 1.82) is 0 Å². The van der Waals surface area contributed by atoms with Gasteiger partial charge in [0, 0.05) is 18.1 Å². The molecule has 2 rings (SSSR count). The van der Waals surface area contributed by atoms with Gasteiger partial charge in [0.15, 0.2) is 17.1 Å². The lowest BCUT2D eigenvalue weighted by Crippen LogP contribution is -2.11. The molecule has 1 unspecified atom stereocenters. The first-order valence-corrected chi connectivity index (χ1v) is 8.96. The lowest BCUT2D eigenvalue weighted by molar-refractivity contribution is -0.139. The number of ether oxygens (including phenoxy) is 2. The number of nitrogens with zero attached hydrogens (tertiary/aromatic N) is 3. The number of aromatic nitrogens is 3. The number of carbonyl (C=O) groups excluding carboxylic acids is 1. The summed E-state index contributed by atoms with van der Waals surface area (Å²) in [6.45, 7) is 3.96. The highest BCUT2D eigenvalue weighted by molar-refractivity contribution is 7.99. The van der Waals surface area contributed by atoms with Gasteiger partial charge in [0.2, 0.25) is 0 Å². The van der Waals surface area contributed by atoms with Crippen LogP contribution < -0.4 is 4.74 Å². The van der Waals surface area contributed by atoms with Crippen molar-refractivity contribution in [3.63, 3.8) is 0 Å². The predicted octanol–water partition coefficient (Wildman–Crippen LogP) is 3.92. The molecule has 0 bridgehead atoms. The maximum atomic E-state index is 11.4. The maximum absolute atomic E-state index is 11.4. The fraction of sp³-hybridized carbons (Fsp3) is 0.400. The summed E-state index contributed by atoms with van der Waals surface area (Å²) in [6.07, 6.45) is -0.393. The van der Waals surface area contributed by atoms with E-state index in [1.807, 2.05) is 14.0 Å². The zero-order valence-electron chi connectivity index (χ0n) is 13.5. The number of thioether (sulfide) groups is 1. The van der Waals surface area contributed by atoms with E-state index >= 15 is 0 Å². The average molecular weight is 390 g/mol. The van der Waals surface area contributed by atoms with Crippen LogP contribution in [0, 0.1) is 0 Å². The molecular formula is C15H17Cl2N3O3S. The molecule has 0 spiro atoms. The van der Waals surface area contributed by atoms with E-state index in [0.29, 0.717) is 33.4 Å². The van der Waals surface area contributed by atoms with Crippen molar-refractivity contribution >= 4 is 40.9 Å². The van der Waals surface area contributed by atoms with Crippen LogP contribution in [0.3, 0.4) is 0 Å². The van der Waals surface area contributed by atoms with E-state index in [1.165, 1.54) is 11.8 Å². The monoisotopic (exact) mass is 389 g/mol. The van der Waals surface area contributed by atoms with Gasteiger partial charge in [-0.25, -0.2) is 0 Å². The van der Waals surface area contributed by atoms with Crippen LogP contribution in [0.4, 0.5) is 0 Å². The van der Waals surface area contributed by atoms with Crippen LogP contribution in [0.2, 0.25) is 10.0 Å². The fourth-order valence-electron chi connectivity index (χ4n) is 1.94. The topological polar surface area (TPSA) is 66.2 Å². The van der Waals surface area contributed by atoms with E-state index in [9.17, 15) is 4.79 Å². The van der Waals surface area contributed by atoms with Crippen molar-refractivity contribution in [2.75, 3.05) is 12.4 Å². The summed E-state index contributed by atoms with van der Waals surface area (Å²) in [5, 5.41) is 9.80. The summed E-state index contributed by atoms with van der Waals surface area (Å²) in [5.74, 6) is 0.967. The Labute approximate surface area is 154 Å². The number of esters is 1. The molecule has 0 saturated heterocycles. The second-order valence-corrected chi connectivity index (χ2v) is 6.61. The lowest BCUT2D eigenvalue weighted by atomic mass is 10.3. The molecule has 0 N–H and O–H groups in total. The third-order valence-corrected chi connectivity index (χ3v) is 4.59. The Morgan fingerprint density at radius 3 is 2.83 bits per heavy atom. The molecule has 0 aliphatic carbocycles. The second kappa shape index (κ2) is 8.60. The number of halogens is 2. The van der Waals surface area contributed by atoms with Crippen LogP contribution in [0.1, 0.15) is 25.8 Å². The predicted molar refractivity (Wildman–Crippen MR) is 93.9 cm³/mol. The van der Waals surface area contributed by atoms with Crippen LogP contribution in [0.5, 0.6) is 5.75 Å². The number of hydrogen-bond acceptors (Lipinski definition) is 6. The SMILES string of the molecule is CCOC(=O)CSc1nnc(C(C)Oc2cc(Cl)ccc2Cl)n1C. The minimum absolute atomic E-state index is 0.176. The van der Waals surface area contributed by atoms with Crippen molar-refractivity contribution in [2.24, 2.45) is 7.05 Å². The van der Waals surface area contributed by atoms with Gasteiger partial charge in [0.25, 0.3) is 0 Å². The molecule has 0 saturated carbocycles. The molecule has 1 aromatic heterocycles. The zero-order valence-corrected chi connectivity index (χ0v) is 15.8. The molecule has 130 valence electrons. The van der Waals surface area contributed by atoms with Gasteiger partial charge in [-0.1, -0.05) is 35.0 Å². The normalized spacial score (nSPS) is 12.0. The number of hydrogen-bond donors (Lipinski definition) is 0. The highest BCUT2D eigenvalue weighted by atomic mass is 35.5. The Balaban J connectivity index is 2.06. The van der Waals surface area contributed by atoms with Crippen molar-refractivity contribution in [3.8, 4) is 5.75 Å². The van der Waals surface area contributed by atoms with E-state index in [-0.39, 0.29) is 11.7 Å². The van der Waals surface area contributed by atoms with Crippen molar-refractivity contribution in [1.82, 2.24) is 14.8 Å². The molecular weight excluding hydrogens is 373 g/mol. The molecule has 1 heterocycles. The smallest absolute Gasteiger partial charge is 0.316 e. The summed E-state index contributed by atoms with van der Waals surface area (Å²) in [5.41, 5.74) is 0. The second-order valence-electron chi connectivity index (χ2n) is 4.83. The van der Waals surface area contributed by atoms with Crippen molar-refractivity contribution in [3.05, 3.63) is 34.1 Å².